The minimum atomic E-state index is -2.00. The molecule has 1 atom stereocenters. The molecule has 2 aromatic rings. The van der Waals surface area contributed by atoms with E-state index < -0.39 is 5.91 Å². The van der Waals surface area contributed by atoms with Gasteiger partial charge in [0.2, 0.25) is 5.91 Å². The summed E-state index contributed by atoms with van der Waals surface area (Å²) in [5.41, 5.74) is 1.48. The van der Waals surface area contributed by atoms with E-state index in [0.29, 0.717) is 29.4 Å². The van der Waals surface area contributed by atoms with Crippen LogP contribution in [0.2, 0.25) is 0 Å². The van der Waals surface area contributed by atoms with Gasteiger partial charge in [-0.1, -0.05) is 30.3 Å². The number of nitrogens with zero attached hydrogens (tertiary/aromatic N) is 1. The zero-order valence-corrected chi connectivity index (χ0v) is 14.6. The Morgan fingerprint density at radius 2 is 1.56 bits per heavy atom. The van der Waals surface area contributed by atoms with Crippen LogP contribution in [0, 0.1) is 0 Å². The van der Waals surface area contributed by atoms with Crippen molar-refractivity contribution >= 4 is 5.69 Å². The first-order valence-corrected chi connectivity index (χ1v) is 8.11. The van der Waals surface area contributed by atoms with Crippen molar-refractivity contribution in [1.82, 2.24) is 0 Å². The van der Waals surface area contributed by atoms with Gasteiger partial charge in [-0.2, -0.15) is 0 Å². The van der Waals surface area contributed by atoms with E-state index in [4.69, 9.17) is 14.2 Å². The fraction of sp³-hybridized carbons (Fsp3) is 0.368. The Hall–Kier alpha value is -2.44. The van der Waals surface area contributed by atoms with Crippen molar-refractivity contribution in [2.45, 2.75) is 24.8 Å². The summed E-state index contributed by atoms with van der Waals surface area (Å²) < 4.78 is 16.3. The Morgan fingerprint density at radius 1 is 0.960 bits per heavy atom. The lowest BCUT2D eigenvalue weighted by atomic mass is 10.0. The number of aliphatic hydroxyl groups is 2. The van der Waals surface area contributed by atoms with Crippen LogP contribution in [0.25, 0.3) is 0 Å². The van der Waals surface area contributed by atoms with Gasteiger partial charge in [-0.25, -0.2) is 0 Å². The fourth-order valence-corrected chi connectivity index (χ4v) is 3.38. The first-order valence-electron chi connectivity index (χ1n) is 8.11. The van der Waals surface area contributed by atoms with E-state index in [9.17, 15) is 10.2 Å². The Balaban J connectivity index is 2.17. The minimum absolute atomic E-state index is 0.213. The van der Waals surface area contributed by atoms with E-state index in [2.05, 4.69) is 0 Å². The monoisotopic (exact) mass is 345 g/mol. The molecule has 134 valence electrons. The van der Waals surface area contributed by atoms with E-state index in [1.54, 1.807) is 24.1 Å². The second-order valence-electron chi connectivity index (χ2n) is 5.99. The van der Waals surface area contributed by atoms with Gasteiger partial charge in [0.25, 0.3) is 0 Å². The Bertz CT molecular complexity index is 707. The lowest BCUT2D eigenvalue weighted by Gasteiger charge is -2.36. The lowest BCUT2D eigenvalue weighted by molar-refractivity contribution is -0.151. The van der Waals surface area contributed by atoms with Gasteiger partial charge in [0.05, 0.1) is 27.4 Å². The number of methoxy groups -OCH3 is 3. The zero-order chi connectivity index (χ0) is 18.0. The highest BCUT2D eigenvalue weighted by atomic mass is 16.5. The SMILES string of the molecule is COc1cc(OC)c(N2C(c3ccccc3)CCC2(O)O)c(OC)c1. The van der Waals surface area contributed by atoms with Crippen LogP contribution < -0.4 is 19.1 Å². The molecule has 6 heteroatoms. The molecule has 1 aliphatic heterocycles. The molecule has 0 saturated carbocycles. The van der Waals surface area contributed by atoms with Crippen LogP contribution >= 0.6 is 0 Å². The van der Waals surface area contributed by atoms with Crippen molar-refractivity contribution < 1.29 is 24.4 Å². The second kappa shape index (κ2) is 6.82. The zero-order valence-electron chi connectivity index (χ0n) is 14.6. The van der Waals surface area contributed by atoms with Crippen LogP contribution in [0.5, 0.6) is 17.2 Å². The molecule has 0 amide bonds. The molecule has 1 fully saturated rings. The highest BCUT2D eigenvalue weighted by Gasteiger charge is 2.47. The topological polar surface area (TPSA) is 71.4 Å². The number of rotatable bonds is 5. The number of anilines is 1. The molecule has 2 aromatic carbocycles. The molecule has 0 spiro atoms. The molecule has 25 heavy (non-hydrogen) atoms. The third-order valence-electron chi connectivity index (χ3n) is 4.56. The van der Waals surface area contributed by atoms with E-state index in [0.717, 1.165) is 5.56 Å². The smallest absolute Gasteiger partial charge is 0.247 e. The minimum Gasteiger partial charge on any atom is -0.496 e. The summed E-state index contributed by atoms with van der Waals surface area (Å²) in [4.78, 5) is 1.56. The van der Waals surface area contributed by atoms with Gasteiger partial charge in [-0.15, -0.1) is 0 Å². The van der Waals surface area contributed by atoms with Gasteiger partial charge in [0.15, 0.2) is 0 Å². The maximum absolute atomic E-state index is 10.6. The quantitative estimate of drug-likeness (QED) is 0.812. The van der Waals surface area contributed by atoms with Crippen LogP contribution in [0.1, 0.15) is 24.4 Å². The van der Waals surface area contributed by atoms with Gasteiger partial charge in [0.1, 0.15) is 22.9 Å². The molecule has 2 N–H and O–H groups in total. The average molecular weight is 345 g/mol. The van der Waals surface area contributed by atoms with Crippen molar-refractivity contribution in [2.24, 2.45) is 0 Å². The molecule has 6 nitrogen and oxygen atoms in total. The van der Waals surface area contributed by atoms with Gasteiger partial charge >= 0.3 is 0 Å². The highest BCUT2D eigenvalue weighted by molar-refractivity contribution is 5.72. The summed E-state index contributed by atoms with van der Waals surface area (Å²) in [6.45, 7) is 0. The highest BCUT2D eigenvalue weighted by Crippen LogP contribution is 2.51. The first kappa shape index (κ1) is 17.4. The van der Waals surface area contributed by atoms with Crippen molar-refractivity contribution in [2.75, 3.05) is 26.2 Å². The van der Waals surface area contributed by atoms with Crippen LogP contribution in [-0.4, -0.2) is 37.5 Å². The Labute approximate surface area is 147 Å². The molecule has 0 aromatic heterocycles. The summed E-state index contributed by atoms with van der Waals surface area (Å²) in [7, 11) is 4.61. The van der Waals surface area contributed by atoms with Crippen molar-refractivity contribution in [3.05, 3.63) is 48.0 Å². The van der Waals surface area contributed by atoms with Crippen molar-refractivity contribution in [3.63, 3.8) is 0 Å². The number of hydrogen-bond donors (Lipinski definition) is 2. The predicted molar refractivity (Wildman–Crippen MR) is 94.2 cm³/mol. The second-order valence-corrected chi connectivity index (χ2v) is 5.99. The lowest BCUT2D eigenvalue weighted by Crippen LogP contribution is -2.45. The average Bonchev–Trinajstić information content (AvgIpc) is 2.95. The predicted octanol–water partition coefficient (Wildman–Crippen LogP) is 2.69. The molecule has 1 unspecified atom stereocenters. The summed E-state index contributed by atoms with van der Waals surface area (Å²) in [5.74, 6) is -0.539. The molecule has 1 aliphatic rings. The fourth-order valence-electron chi connectivity index (χ4n) is 3.38. The Morgan fingerprint density at radius 3 is 2.08 bits per heavy atom. The van der Waals surface area contributed by atoms with Crippen LogP contribution in [0.3, 0.4) is 0 Å². The maximum Gasteiger partial charge on any atom is 0.247 e. The van der Waals surface area contributed by atoms with Crippen molar-refractivity contribution in [3.8, 4) is 17.2 Å². The summed E-state index contributed by atoms with van der Waals surface area (Å²) >= 11 is 0. The molecule has 3 rings (SSSR count). The standard InChI is InChI=1S/C19H23NO5/c1-23-14-11-16(24-2)18(17(12-14)25-3)20-15(9-10-19(20,21)22)13-7-5-4-6-8-13/h4-8,11-12,15,21-22H,9-10H2,1-3H3. The van der Waals surface area contributed by atoms with E-state index in [-0.39, 0.29) is 12.5 Å². The molecule has 0 aliphatic carbocycles. The third kappa shape index (κ3) is 3.10. The first-order chi connectivity index (χ1) is 12.0. The molecule has 0 bridgehead atoms. The van der Waals surface area contributed by atoms with E-state index in [1.165, 1.54) is 14.2 Å². The van der Waals surface area contributed by atoms with Crippen LogP contribution in [0.4, 0.5) is 5.69 Å². The van der Waals surface area contributed by atoms with Gasteiger partial charge in [0, 0.05) is 18.6 Å². The number of hydrogen-bond acceptors (Lipinski definition) is 6. The Kier molecular flexibility index (Phi) is 4.74. The number of benzene rings is 2. The summed E-state index contributed by atoms with van der Waals surface area (Å²) in [5, 5.41) is 21.3. The van der Waals surface area contributed by atoms with Crippen molar-refractivity contribution in [1.29, 1.82) is 0 Å². The summed E-state index contributed by atoms with van der Waals surface area (Å²) in [6.07, 6.45) is 0.806. The van der Waals surface area contributed by atoms with Crippen LogP contribution in [0.15, 0.2) is 42.5 Å². The van der Waals surface area contributed by atoms with Gasteiger partial charge in [-0.05, 0) is 12.0 Å². The van der Waals surface area contributed by atoms with E-state index in [1.807, 2.05) is 30.3 Å². The third-order valence-corrected chi connectivity index (χ3v) is 4.56. The molecule has 1 heterocycles. The largest absolute Gasteiger partial charge is 0.496 e. The molecular formula is C19H23NO5. The van der Waals surface area contributed by atoms with Gasteiger partial charge in [-0.3, -0.25) is 0 Å². The van der Waals surface area contributed by atoms with Gasteiger partial charge < -0.3 is 29.3 Å². The molecule has 1 saturated heterocycles. The van der Waals surface area contributed by atoms with Crippen LogP contribution in [-0.2, 0) is 0 Å². The maximum atomic E-state index is 10.6. The summed E-state index contributed by atoms with van der Waals surface area (Å²) in [6, 6.07) is 12.9. The molecular weight excluding hydrogens is 322 g/mol. The van der Waals surface area contributed by atoms with E-state index >= 15 is 0 Å². The normalized spacial score (nSPS) is 18.9. The molecule has 0 radical (unpaired) electrons. The number of ether oxygens (including phenoxy) is 3.